The highest BCUT2D eigenvalue weighted by Gasteiger charge is 2.36. The van der Waals surface area contributed by atoms with Crippen molar-refractivity contribution in [2.24, 2.45) is 10.9 Å². The monoisotopic (exact) mass is 490 g/mol. The molecule has 2 aromatic heterocycles. The van der Waals surface area contributed by atoms with Crippen LogP contribution >= 0.6 is 11.3 Å². The molecule has 0 spiro atoms. The first-order valence-electron chi connectivity index (χ1n) is 11.1. The van der Waals surface area contributed by atoms with E-state index in [1.807, 2.05) is 49.6 Å². The van der Waals surface area contributed by atoms with E-state index < -0.39 is 29.5 Å². The van der Waals surface area contributed by atoms with Crippen LogP contribution in [0.4, 0.5) is 4.39 Å². The number of benzene rings is 2. The van der Waals surface area contributed by atoms with Gasteiger partial charge in [0.2, 0.25) is 0 Å². The van der Waals surface area contributed by atoms with Crippen molar-refractivity contribution in [1.29, 1.82) is 0 Å². The standard InChI is InChI=1S/C26H23FN4O3S/c1-12-14(3)35-25-21(12)23(28-22(13(2)26(33)34)24-30-29-15(4)31(24)25)17-7-5-16(6-8-17)18-9-10-20(32)19(27)11-18/h5-11,13,22,32H,1-4H3,(H,33,34)/t13?,22-/m0/s1. The number of hydrogen-bond donors (Lipinski definition) is 2. The summed E-state index contributed by atoms with van der Waals surface area (Å²) in [6.07, 6.45) is 0. The van der Waals surface area contributed by atoms with Gasteiger partial charge in [-0.05, 0) is 56.5 Å². The molecule has 0 radical (unpaired) electrons. The summed E-state index contributed by atoms with van der Waals surface area (Å²) < 4.78 is 15.8. The van der Waals surface area contributed by atoms with Crippen LogP contribution in [0.1, 0.15) is 46.2 Å². The first kappa shape index (κ1) is 22.9. The van der Waals surface area contributed by atoms with Gasteiger partial charge in [-0.2, -0.15) is 0 Å². The van der Waals surface area contributed by atoms with Crippen LogP contribution in [0.3, 0.4) is 0 Å². The molecule has 35 heavy (non-hydrogen) atoms. The first-order valence-corrected chi connectivity index (χ1v) is 11.9. The van der Waals surface area contributed by atoms with Crippen molar-refractivity contribution in [3.05, 3.63) is 81.5 Å². The van der Waals surface area contributed by atoms with Crippen LogP contribution < -0.4 is 0 Å². The molecule has 2 atom stereocenters. The van der Waals surface area contributed by atoms with Crippen LogP contribution in [0.25, 0.3) is 16.1 Å². The number of carbonyl (C=O) groups is 1. The molecule has 0 aliphatic carbocycles. The van der Waals surface area contributed by atoms with Gasteiger partial charge in [0.15, 0.2) is 17.4 Å². The molecular weight excluding hydrogens is 467 g/mol. The van der Waals surface area contributed by atoms with Crippen molar-refractivity contribution in [1.82, 2.24) is 14.8 Å². The van der Waals surface area contributed by atoms with E-state index in [9.17, 15) is 19.4 Å². The van der Waals surface area contributed by atoms with Gasteiger partial charge in [0, 0.05) is 16.0 Å². The van der Waals surface area contributed by atoms with Crippen molar-refractivity contribution in [3.8, 4) is 21.9 Å². The lowest BCUT2D eigenvalue weighted by Crippen LogP contribution is -2.21. The molecule has 0 saturated carbocycles. The minimum atomic E-state index is -0.965. The quantitative estimate of drug-likeness (QED) is 0.400. The Morgan fingerprint density at radius 2 is 1.71 bits per heavy atom. The number of phenols is 1. The van der Waals surface area contributed by atoms with Crippen molar-refractivity contribution in [2.45, 2.75) is 33.7 Å². The lowest BCUT2D eigenvalue weighted by atomic mass is 9.96. The van der Waals surface area contributed by atoms with E-state index in [1.165, 1.54) is 12.1 Å². The second-order valence-corrected chi connectivity index (χ2v) is 9.90. The van der Waals surface area contributed by atoms with E-state index in [2.05, 4.69) is 10.2 Å². The third-order valence-corrected chi connectivity index (χ3v) is 7.68. The SMILES string of the molecule is Cc1sc2c(c1C)C(c1ccc(-c3ccc(O)c(F)c3)cc1)=N[C@@H](C(C)C(=O)O)c1nnc(C)n1-2. The summed E-state index contributed by atoms with van der Waals surface area (Å²) in [4.78, 5) is 18.1. The Hall–Kier alpha value is -3.85. The van der Waals surface area contributed by atoms with Crippen LogP contribution in [0, 0.1) is 32.5 Å². The van der Waals surface area contributed by atoms with Gasteiger partial charge >= 0.3 is 5.97 Å². The fourth-order valence-corrected chi connectivity index (χ4v) is 5.54. The highest BCUT2D eigenvalue weighted by molar-refractivity contribution is 7.15. The smallest absolute Gasteiger partial charge is 0.308 e. The Morgan fingerprint density at radius 3 is 2.37 bits per heavy atom. The number of nitrogens with zero attached hydrogens (tertiary/aromatic N) is 4. The summed E-state index contributed by atoms with van der Waals surface area (Å²) in [7, 11) is 0. The minimum absolute atomic E-state index is 0.394. The topological polar surface area (TPSA) is 101 Å². The van der Waals surface area contributed by atoms with Crippen LogP contribution in [0.15, 0.2) is 47.5 Å². The summed E-state index contributed by atoms with van der Waals surface area (Å²) in [5.41, 5.74) is 4.92. The molecule has 4 aromatic rings. The van der Waals surface area contributed by atoms with Gasteiger partial charge in [-0.25, -0.2) is 4.39 Å². The molecule has 0 amide bonds. The molecule has 0 fully saturated rings. The molecule has 0 bridgehead atoms. The Bertz CT molecular complexity index is 1500. The molecule has 1 unspecified atom stereocenters. The lowest BCUT2D eigenvalue weighted by Gasteiger charge is -2.16. The fraction of sp³-hybridized carbons (Fsp3) is 0.231. The second kappa shape index (κ2) is 8.42. The predicted octanol–water partition coefficient (Wildman–Crippen LogP) is 5.38. The van der Waals surface area contributed by atoms with Crippen LogP contribution in [-0.4, -0.2) is 36.7 Å². The third-order valence-electron chi connectivity index (χ3n) is 6.49. The van der Waals surface area contributed by atoms with Gasteiger partial charge in [-0.15, -0.1) is 21.5 Å². The number of carboxylic acids is 1. The molecule has 2 aromatic carbocycles. The van der Waals surface area contributed by atoms with Gasteiger partial charge in [0.1, 0.15) is 16.9 Å². The van der Waals surface area contributed by atoms with E-state index in [4.69, 9.17) is 4.99 Å². The molecule has 1 aliphatic rings. The van der Waals surface area contributed by atoms with E-state index in [1.54, 1.807) is 24.3 Å². The second-order valence-electron chi connectivity index (χ2n) is 8.70. The molecule has 1 aliphatic heterocycles. The van der Waals surface area contributed by atoms with Crippen LogP contribution in [-0.2, 0) is 4.79 Å². The number of hydrogen-bond acceptors (Lipinski definition) is 6. The number of aliphatic carboxylic acids is 1. The first-order chi connectivity index (χ1) is 16.7. The number of thiophene rings is 1. The van der Waals surface area contributed by atoms with Gasteiger partial charge < -0.3 is 10.2 Å². The minimum Gasteiger partial charge on any atom is -0.505 e. The Morgan fingerprint density at radius 1 is 1.06 bits per heavy atom. The van der Waals surface area contributed by atoms with Gasteiger partial charge in [-0.3, -0.25) is 14.4 Å². The predicted molar refractivity (Wildman–Crippen MR) is 132 cm³/mol. The zero-order valence-corrected chi connectivity index (χ0v) is 20.4. The summed E-state index contributed by atoms with van der Waals surface area (Å²) in [6.45, 7) is 7.56. The summed E-state index contributed by atoms with van der Waals surface area (Å²) >= 11 is 1.60. The average molecular weight is 491 g/mol. The molecule has 2 N–H and O–H groups in total. The van der Waals surface area contributed by atoms with Gasteiger partial charge in [0.25, 0.3) is 0 Å². The summed E-state index contributed by atoms with van der Waals surface area (Å²) in [5, 5.41) is 28.8. The summed E-state index contributed by atoms with van der Waals surface area (Å²) in [5.74, 6) is -1.68. The van der Waals surface area contributed by atoms with E-state index >= 15 is 0 Å². The van der Waals surface area contributed by atoms with E-state index in [0.717, 1.165) is 32.1 Å². The fourth-order valence-electron chi connectivity index (χ4n) is 4.32. The third kappa shape index (κ3) is 3.72. The Kier molecular flexibility index (Phi) is 5.52. The lowest BCUT2D eigenvalue weighted by molar-refractivity contribution is -0.141. The van der Waals surface area contributed by atoms with Crippen molar-refractivity contribution in [3.63, 3.8) is 0 Å². The Balaban J connectivity index is 1.70. The van der Waals surface area contributed by atoms with Gasteiger partial charge in [-0.1, -0.05) is 30.3 Å². The molecule has 0 saturated heterocycles. The van der Waals surface area contributed by atoms with Crippen LogP contribution in [0.2, 0.25) is 0 Å². The highest BCUT2D eigenvalue weighted by Crippen LogP contribution is 2.40. The zero-order chi connectivity index (χ0) is 25.0. The number of aromatic hydroxyl groups is 1. The molecule has 3 heterocycles. The molecular formula is C26H23FN4O3S. The zero-order valence-electron chi connectivity index (χ0n) is 19.6. The normalized spacial score (nSPS) is 15.7. The Labute approximate surface area is 205 Å². The number of carboxylic acid groups (broad SMARTS) is 1. The number of phenolic OH excluding ortho intramolecular Hbond substituents is 1. The molecule has 178 valence electrons. The maximum atomic E-state index is 13.9. The number of aromatic nitrogens is 3. The summed E-state index contributed by atoms with van der Waals surface area (Å²) in [6, 6.07) is 11.1. The molecule has 7 nitrogen and oxygen atoms in total. The largest absolute Gasteiger partial charge is 0.505 e. The number of aliphatic imine (C=N–C) groups is 1. The number of aryl methyl sites for hydroxylation is 2. The highest BCUT2D eigenvalue weighted by atomic mass is 32.1. The van der Waals surface area contributed by atoms with Crippen molar-refractivity contribution >= 4 is 23.0 Å². The maximum absolute atomic E-state index is 13.9. The number of fused-ring (bicyclic) bond motifs is 3. The maximum Gasteiger partial charge on any atom is 0.308 e. The van der Waals surface area contributed by atoms with Crippen LogP contribution in [0.5, 0.6) is 5.75 Å². The number of rotatable bonds is 4. The number of halogens is 1. The van der Waals surface area contributed by atoms with E-state index in [0.29, 0.717) is 22.9 Å². The molecule has 5 rings (SSSR count). The van der Waals surface area contributed by atoms with Crippen molar-refractivity contribution < 1.29 is 19.4 Å². The molecule has 9 heteroatoms. The average Bonchev–Trinajstić information content (AvgIpc) is 3.30. The van der Waals surface area contributed by atoms with E-state index in [-0.39, 0.29) is 0 Å². The van der Waals surface area contributed by atoms with Gasteiger partial charge in [0.05, 0.1) is 11.6 Å². The van der Waals surface area contributed by atoms with Crippen molar-refractivity contribution in [2.75, 3.05) is 0 Å².